The van der Waals surface area contributed by atoms with Crippen LogP contribution in [0.1, 0.15) is 6.92 Å². The first-order valence-corrected chi connectivity index (χ1v) is 7.63. The number of sulfonamides is 1. The maximum absolute atomic E-state index is 11.4. The molecule has 0 radical (unpaired) electrons. The van der Waals surface area contributed by atoms with E-state index in [4.69, 9.17) is 5.14 Å². The van der Waals surface area contributed by atoms with Crippen LogP contribution in [0, 0.1) is 5.92 Å². The van der Waals surface area contributed by atoms with Gasteiger partial charge in [0, 0.05) is 25.6 Å². The van der Waals surface area contributed by atoms with Crippen LogP contribution in [0.5, 0.6) is 0 Å². The highest BCUT2D eigenvalue weighted by atomic mass is 32.2. The van der Waals surface area contributed by atoms with Crippen LogP contribution in [0.25, 0.3) is 0 Å². The van der Waals surface area contributed by atoms with E-state index in [0.717, 1.165) is 26.2 Å². The Kier molecular flexibility index (Phi) is 3.89. The normalized spacial score (nSPS) is 17.4. The van der Waals surface area contributed by atoms with Crippen molar-refractivity contribution in [2.45, 2.75) is 11.8 Å². The van der Waals surface area contributed by atoms with Crippen molar-refractivity contribution in [1.82, 2.24) is 4.90 Å². The van der Waals surface area contributed by atoms with Crippen molar-refractivity contribution < 1.29 is 8.42 Å². The van der Waals surface area contributed by atoms with E-state index in [-0.39, 0.29) is 4.90 Å². The number of para-hydroxylation sites is 1. The van der Waals surface area contributed by atoms with Crippen molar-refractivity contribution >= 4 is 15.7 Å². The summed E-state index contributed by atoms with van der Waals surface area (Å²) in [4.78, 5) is 2.51. The highest BCUT2D eigenvalue weighted by Gasteiger charge is 2.25. The molecular formula is C12H19N3O2S. The van der Waals surface area contributed by atoms with Crippen LogP contribution in [0.3, 0.4) is 0 Å². The minimum atomic E-state index is -3.66. The molecule has 1 heterocycles. The van der Waals surface area contributed by atoms with E-state index >= 15 is 0 Å². The van der Waals surface area contributed by atoms with E-state index in [1.54, 1.807) is 18.2 Å². The van der Waals surface area contributed by atoms with Crippen molar-refractivity contribution in [3.05, 3.63) is 24.3 Å². The third-order valence-corrected chi connectivity index (χ3v) is 4.22. The Labute approximate surface area is 108 Å². The molecule has 1 aromatic carbocycles. The van der Waals surface area contributed by atoms with Crippen molar-refractivity contribution in [2.75, 3.05) is 31.5 Å². The molecular weight excluding hydrogens is 250 g/mol. The molecule has 6 heteroatoms. The highest BCUT2D eigenvalue weighted by Crippen LogP contribution is 2.21. The fraction of sp³-hybridized carbons (Fsp3) is 0.500. The maximum Gasteiger partial charge on any atom is 0.240 e. The van der Waals surface area contributed by atoms with Gasteiger partial charge in [0.15, 0.2) is 0 Å². The van der Waals surface area contributed by atoms with Crippen molar-refractivity contribution in [3.8, 4) is 0 Å². The fourth-order valence-corrected chi connectivity index (χ4v) is 2.89. The second kappa shape index (κ2) is 5.26. The summed E-state index contributed by atoms with van der Waals surface area (Å²) in [6, 6.07) is 6.75. The molecule has 0 aromatic heterocycles. The second-order valence-corrected chi connectivity index (χ2v) is 6.17. The van der Waals surface area contributed by atoms with Crippen molar-refractivity contribution in [1.29, 1.82) is 0 Å². The molecule has 0 bridgehead atoms. The van der Waals surface area contributed by atoms with Gasteiger partial charge in [0.1, 0.15) is 4.90 Å². The Balaban J connectivity index is 1.98. The Morgan fingerprint density at radius 3 is 2.67 bits per heavy atom. The number of nitrogens with zero attached hydrogens (tertiary/aromatic N) is 1. The molecule has 0 aliphatic carbocycles. The van der Waals surface area contributed by atoms with Gasteiger partial charge in [0.05, 0.1) is 5.69 Å². The number of likely N-dealkylation sites (tertiary alicyclic amines) is 1. The molecule has 1 aromatic rings. The van der Waals surface area contributed by atoms with Gasteiger partial charge in [-0.15, -0.1) is 0 Å². The lowest BCUT2D eigenvalue weighted by Gasteiger charge is -2.38. The van der Waals surface area contributed by atoms with Gasteiger partial charge in [-0.2, -0.15) is 0 Å². The topological polar surface area (TPSA) is 75.4 Å². The van der Waals surface area contributed by atoms with Crippen LogP contribution in [-0.4, -0.2) is 39.5 Å². The summed E-state index contributed by atoms with van der Waals surface area (Å²) in [7, 11) is -3.66. The average molecular weight is 269 g/mol. The number of nitrogens with one attached hydrogen (secondary N) is 1. The minimum absolute atomic E-state index is 0.164. The summed E-state index contributed by atoms with van der Waals surface area (Å²) in [6.45, 7) is 6.13. The molecule has 1 aliphatic heterocycles. The van der Waals surface area contributed by atoms with Gasteiger partial charge in [0.2, 0.25) is 10.0 Å². The van der Waals surface area contributed by atoms with Gasteiger partial charge in [-0.3, -0.25) is 0 Å². The number of primary sulfonamides is 1. The summed E-state index contributed by atoms with van der Waals surface area (Å²) in [5.74, 6) is 0.582. The fourth-order valence-electron chi connectivity index (χ4n) is 2.18. The van der Waals surface area contributed by atoms with Crippen LogP contribution in [0.15, 0.2) is 29.2 Å². The quantitative estimate of drug-likeness (QED) is 0.825. The van der Waals surface area contributed by atoms with Crippen LogP contribution < -0.4 is 10.5 Å². The average Bonchev–Trinajstić information content (AvgIpc) is 2.26. The molecule has 0 saturated carbocycles. The van der Waals surface area contributed by atoms with Gasteiger partial charge in [-0.1, -0.05) is 19.1 Å². The molecule has 0 atom stereocenters. The van der Waals surface area contributed by atoms with Gasteiger partial charge >= 0.3 is 0 Å². The molecule has 0 spiro atoms. The summed E-state index contributed by atoms with van der Waals surface area (Å²) < 4.78 is 22.8. The summed E-state index contributed by atoms with van der Waals surface area (Å²) in [6.07, 6.45) is 0. The summed E-state index contributed by atoms with van der Waals surface area (Å²) >= 11 is 0. The minimum Gasteiger partial charge on any atom is -0.384 e. The van der Waals surface area contributed by atoms with E-state index in [1.165, 1.54) is 6.07 Å². The molecule has 18 heavy (non-hydrogen) atoms. The van der Waals surface area contributed by atoms with Crippen LogP contribution in [0.2, 0.25) is 0 Å². The van der Waals surface area contributed by atoms with Gasteiger partial charge in [-0.05, 0) is 18.7 Å². The first-order valence-electron chi connectivity index (χ1n) is 6.08. The summed E-state index contributed by atoms with van der Waals surface area (Å²) in [5.41, 5.74) is 0.593. The second-order valence-electron chi connectivity index (χ2n) is 4.64. The SMILES string of the molecule is CCN1CC(CNc2ccccc2S(N)(=O)=O)C1. The molecule has 1 aliphatic rings. The smallest absolute Gasteiger partial charge is 0.240 e. The van der Waals surface area contributed by atoms with Crippen LogP contribution in [0.4, 0.5) is 5.69 Å². The van der Waals surface area contributed by atoms with E-state index < -0.39 is 10.0 Å². The molecule has 3 N–H and O–H groups in total. The Hall–Kier alpha value is -1.11. The predicted octanol–water partition coefficient (Wildman–Crippen LogP) is 0.698. The number of hydrogen-bond donors (Lipinski definition) is 2. The molecule has 0 unspecified atom stereocenters. The van der Waals surface area contributed by atoms with Gasteiger partial charge in [0.25, 0.3) is 0 Å². The van der Waals surface area contributed by atoms with Crippen LogP contribution >= 0.6 is 0 Å². The lowest BCUT2D eigenvalue weighted by molar-refractivity contribution is 0.116. The van der Waals surface area contributed by atoms with Gasteiger partial charge < -0.3 is 10.2 Å². The van der Waals surface area contributed by atoms with E-state index in [9.17, 15) is 8.42 Å². The number of nitrogens with two attached hydrogens (primary N) is 1. The van der Waals surface area contributed by atoms with Crippen molar-refractivity contribution in [2.24, 2.45) is 11.1 Å². The third-order valence-electron chi connectivity index (χ3n) is 3.25. The first-order chi connectivity index (χ1) is 8.50. The Bertz CT molecular complexity index is 510. The number of hydrogen-bond acceptors (Lipinski definition) is 4. The Morgan fingerprint density at radius 1 is 1.39 bits per heavy atom. The van der Waals surface area contributed by atoms with E-state index in [2.05, 4.69) is 17.1 Å². The first kappa shape index (κ1) is 13.3. The molecule has 0 amide bonds. The maximum atomic E-state index is 11.4. The zero-order valence-electron chi connectivity index (χ0n) is 10.5. The number of rotatable bonds is 5. The van der Waals surface area contributed by atoms with Crippen LogP contribution in [-0.2, 0) is 10.0 Å². The number of benzene rings is 1. The zero-order chi connectivity index (χ0) is 13.2. The lowest BCUT2D eigenvalue weighted by Crippen LogP contribution is -2.49. The standard InChI is InChI=1S/C12H19N3O2S/c1-2-15-8-10(9-15)7-14-11-5-3-4-6-12(11)18(13,16)17/h3-6,10,14H,2,7-9H2,1H3,(H2,13,16,17). The monoisotopic (exact) mass is 269 g/mol. The molecule has 1 fully saturated rings. The summed E-state index contributed by atoms with van der Waals surface area (Å²) in [5, 5.41) is 8.36. The van der Waals surface area contributed by atoms with Crippen molar-refractivity contribution in [3.63, 3.8) is 0 Å². The van der Waals surface area contributed by atoms with E-state index in [1.807, 2.05) is 0 Å². The number of anilines is 1. The molecule has 1 saturated heterocycles. The molecule has 100 valence electrons. The molecule has 5 nitrogen and oxygen atoms in total. The third kappa shape index (κ3) is 3.01. The highest BCUT2D eigenvalue weighted by molar-refractivity contribution is 7.89. The van der Waals surface area contributed by atoms with Gasteiger partial charge in [-0.25, -0.2) is 13.6 Å². The Morgan fingerprint density at radius 2 is 2.06 bits per heavy atom. The molecule has 2 rings (SSSR count). The largest absolute Gasteiger partial charge is 0.384 e. The predicted molar refractivity (Wildman–Crippen MR) is 71.9 cm³/mol. The zero-order valence-corrected chi connectivity index (χ0v) is 11.3. The van der Waals surface area contributed by atoms with E-state index in [0.29, 0.717) is 11.6 Å². The lowest BCUT2D eigenvalue weighted by atomic mass is 10.0.